The Bertz CT molecular complexity index is 1040. The van der Waals surface area contributed by atoms with Crippen LogP contribution >= 0.6 is 7.82 Å². The van der Waals surface area contributed by atoms with E-state index in [4.69, 9.17) is 18.5 Å². The maximum absolute atomic E-state index is 12.7. The number of allylic oxidation sites excluding steroid dienone is 6. The molecule has 0 saturated heterocycles. The molecule has 9 nitrogen and oxygen atoms in total. The number of carbonyl (C=O) groups is 2. The molecule has 0 aliphatic rings. The van der Waals surface area contributed by atoms with Crippen LogP contribution in [-0.4, -0.2) is 74.9 Å². The van der Waals surface area contributed by atoms with E-state index in [1.807, 2.05) is 21.1 Å². The van der Waals surface area contributed by atoms with Crippen LogP contribution in [0.2, 0.25) is 0 Å². The Morgan fingerprint density at radius 2 is 0.982 bits per heavy atom. The van der Waals surface area contributed by atoms with E-state index in [1.165, 1.54) is 96.3 Å². The van der Waals surface area contributed by atoms with Crippen molar-refractivity contribution in [2.24, 2.45) is 0 Å². The summed E-state index contributed by atoms with van der Waals surface area (Å²) in [6.07, 6.45) is 41.8. The molecule has 0 heterocycles. The van der Waals surface area contributed by atoms with Gasteiger partial charge in [-0.1, -0.05) is 159 Å². The van der Waals surface area contributed by atoms with Gasteiger partial charge in [0.15, 0.2) is 6.10 Å². The number of phosphoric acid groups is 1. The first-order valence-electron chi connectivity index (χ1n) is 22.2. The molecule has 0 aliphatic heterocycles. The number of hydrogen-bond donors (Lipinski definition) is 1. The van der Waals surface area contributed by atoms with Crippen LogP contribution in [0.4, 0.5) is 0 Å². The number of carbonyl (C=O) groups excluding carboxylic acids is 2. The van der Waals surface area contributed by atoms with E-state index in [1.54, 1.807) is 0 Å². The van der Waals surface area contributed by atoms with Crippen molar-refractivity contribution in [3.05, 3.63) is 36.5 Å². The maximum atomic E-state index is 12.7. The fraction of sp³-hybridized carbons (Fsp3) is 0.822. The molecule has 0 aliphatic carbocycles. The third kappa shape index (κ3) is 41.7. The van der Waals surface area contributed by atoms with Crippen molar-refractivity contribution in [3.63, 3.8) is 0 Å². The topological polar surface area (TPSA) is 108 Å². The van der Waals surface area contributed by atoms with E-state index in [0.29, 0.717) is 23.9 Å². The highest BCUT2D eigenvalue weighted by Crippen LogP contribution is 2.43. The number of quaternary nitrogens is 1. The summed E-state index contributed by atoms with van der Waals surface area (Å²) in [5.74, 6) is -0.820. The predicted molar refractivity (Wildman–Crippen MR) is 229 cm³/mol. The Morgan fingerprint density at radius 1 is 0.564 bits per heavy atom. The van der Waals surface area contributed by atoms with Crippen LogP contribution in [0, 0.1) is 0 Å². The second-order valence-corrected chi connectivity index (χ2v) is 17.5. The minimum absolute atomic E-state index is 0.0286. The zero-order chi connectivity index (χ0) is 40.7. The molecule has 0 radical (unpaired) electrons. The largest absolute Gasteiger partial charge is 0.472 e. The molecule has 0 rings (SSSR count). The summed E-state index contributed by atoms with van der Waals surface area (Å²) in [5, 5.41) is 0. The third-order valence-corrected chi connectivity index (χ3v) is 10.4. The highest BCUT2D eigenvalue weighted by atomic mass is 31.2. The zero-order valence-corrected chi connectivity index (χ0v) is 37.1. The fourth-order valence-corrected chi connectivity index (χ4v) is 6.64. The van der Waals surface area contributed by atoms with Crippen molar-refractivity contribution in [2.75, 3.05) is 47.5 Å². The molecule has 0 bridgehead atoms. The average Bonchev–Trinajstić information content (AvgIpc) is 3.13. The van der Waals surface area contributed by atoms with E-state index in [2.05, 4.69) is 50.3 Å². The molecule has 55 heavy (non-hydrogen) atoms. The molecule has 0 amide bonds. The fourth-order valence-electron chi connectivity index (χ4n) is 5.90. The minimum Gasteiger partial charge on any atom is -0.462 e. The highest BCUT2D eigenvalue weighted by Gasteiger charge is 2.27. The molecule has 0 saturated carbocycles. The van der Waals surface area contributed by atoms with Gasteiger partial charge in [0.1, 0.15) is 19.8 Å². The number of rotatable bonds is 40. The monoisotopic (exact) mass is 799 g/mol. The van der Waals surface area contributed by atoms with E-state index < -0.39 is 26.5 Å². The number of ether oxygens (including phenoxy) is 2. The molecule has 2 atom stereocenters. The molecule has 1 N–H and O–H groups in total. The number of likely N-dealkylation sites (N-methyl/N-ethyl adjacent to an activating group) is 1. The second-order valence-electron chi connectivity index (χ2n) is 16.1. The lowest BCUT2D eigenvalue weighted by Gasteiger charge is -2.24. The maximum Gasteiger partial charge on any atom is 0.472 e. The van der Waals surface area contributed by atoms with Crippen LogP contribution in [0.15, 0.2) is 36.5 Å². The standard InChI is InChI=1S/C45H84NO8P/c1-6-8-10-12-14-16-18-20-22-23-24-26-27-29-31-33-35-37-44(47)51-41-43(42-53-55(49,50)52-40-39-46(3,4)5)54-45(48)38-36-34-32-30-28-25-21-19-17-15-13-11-9-7-2/h14,16,20,22,24,26,43H,6-13,15,17-19,21,23,25,27-42H2,1-5H3/p+1/b16-14+,22-20+,26-24+/t43-/m1/s1. The first-order valence-corrected chi connectivity index (χ1v) is 23.7. The first-order chi connectivity index (χ1) is 26.5. The first kappa shape index (κ1) is 53.2. The van der Waals surface area contributed by atoms with Gasteiger partial charge in [-0.2, -0.15) is 0 Å². The van der Waals surface area contributed by atoms with Crippen LogP contribution in [0.5, 0.6) is 0 Å². The molecule has 1 unspecified atom stereocenters. The zero-order valence-electron chi connectivity index (χ0n) is 36.2. The molecule has 10 heteroatoms. The predicted octanol–water partition coefficient (Wildman–Crippen LogP) is 12.5. The van der Waals surface area contributed by atoms with Gasteiger partial charge in [0.05, 0.1) is 27.7 Å². The summed E-state index contributed by atoms with van der Waals surface area (Å²) in [4.78, 5) is 35.3. The lowest BCUT2D eigenvalue weighted by molar-refractivity contribution is -0.870. The van der Waals surface area contributed by atoms with Gasteiger partial charge in [-0.3, -0.25) is 18.6 Å². The normalized spacial score (nSPS) is 13.9. The molecular formula is C45H85NO8P+. The summed E-state index contributed by atoms with van der Waals surface area (Å²) < 4.78 is 34.3. The lowest BCUT2D eigenvalue weighted by atomic mass is 10.0. The van der Waals surface area contributed by atoms with Crippen LogP contribution in [0.3, 0.4) is 0 Å². The van der Waals surface area contributed by atoms with Crippen molar-refractivity contribution in [3.8, 4) is 0 Å². The van der Waals surface area contributed by atoms with Crippen molar-refractivity contribution in [1.82, 2.24) is 0 Å². The van der Waals surface area contributed by atoms with Crippen molar-refractivity contribution in [2.45, 2.75) is 193 Å². The Kier molecular flexibility index (Phi) is 36.6. The van der Waals surface area contributed by atoms with Crippen molar-refractivity contribution < 1.29 is 42.1 Å². The molecule has 0 aromatic heterocycles. The van der Waals surface area contributed by atoms with Crippen LogP contribution < -0.4 is 0 Å². The number of esters is 2. The summed E-state index contributed by atoms with van der Waals surface area (Å²) in [6.45, 7) is 4.37. The minimum atomic E-state index is -4.38. The molecular weight excluding hydrogens is 713 g/mol. The summed E-state index contributed by atoms with van der Waals surface area (Å²) in [6, 6.07) is 0. The number of unbranched alkanes of at least 4 members (excludes halogenated alkanes) is 20. The molecule has 0 fully saturated rings. The van der Waals surface area contributed by atoms with Gasteiger partial charge in [-0.25, -0.2) is 4.57 Å². The van der Waals surface area contributed by atoms with Gasteiger partial charge >= 0.3 is 19.8 Å². The van der Waals surface area contributed by atoms with Crippen molar-refractivity contribution >= 4 is 19.8 Å². The molecule has 0 aromatic rings. The smallest absolute Gasteiger partial charge is 0.462 e. The third-order valence-electron chi connectivity index (χ3n) is 9.42. The van der Waals surface area contributed by atoms with Crippen LogP contribution in [0.1, 0.15) is 187 Å². The van der Waals surface area contributed by atoms with Gasteiger partial charge in [-0.05, 0) is 51.4 Å². The lowest BCUT2D eigenvalue weighted by Crippen LogP contribution is -2.37. The summed E-state index contributed by atoms with van der Waals surface area (Å²) in [5.41, 5.74) is 0. The Hall–Kier alpha value is -1.77. The summed E-state index contributed by atoms with van der Waals surface area (Å²) in [7, 11) is 1.47. The van der Waals surface area contributed by atoms with E-state index in [0.717, 1.165) is 51.4 Å². The van der Waals surface area contributed by atoms with Gasteiger partial charge in [-0.15, -0.1) is 0 Å². The van der Waals surface area contributed by atoms with Gasteiger partial charge in [0, 0.05) is 12.8 Å². The van der Waals surface area contributed by atoms with Crippen molar-refractivity contribution in [1.29, 1.82) is 0 Å². The Balaban J connectivity index is 4.39. The molecule has 0 spiro atoms. The molecule has 322 valence electrons. The van der Waals surface area contributed by atoms with E-state index in [9.17, 15) is 19.0 Å². The van der Waals surface area contributed by atoms with Gasteiger partial charge < -0.3 is 18.9 Å². The second kappa shape index (κ2) is 37.8. The Labute approximate surface area is 338 Å². The number of nitrogens with zero attached hydrogens (tertiary/aromatic N) is 1. The van der Waals surface area contributed by atoms with Crippen LogP contribution in [-0.2, 0) is 32.7 Å². The van der Waals surface area contributed by atoms with E-state index >= 15 is 0 Å². The number of hydrogen-bond acceptors (Lipinski definition) is 7. The highest BCUT2D eigenvalue weighted by molar-refractivity contribution is 7.47. The van der Waals surface area contributed by atoms with Gasteiger partial charge in [0.25, 0.3) is 0 Å². The SMILES string of the molecule is CCCCC/C=C/C/C=C/C/C=C/CCCCCCC(=O)OC[C@H](COP(=O)(O)OCC[N+](C)(C)C)OC(=O)CCCCCCCCCCCCCCCC. The number of phosphoric ester groups is 1. The van der Waals surface area contributed by atoms with Crippen LogP contribution in [0.25, 0.3) is 0 Å². The molecule has 0 aromatic carbocycles. The van der Waals surface area contributed by atoms with E-state index in [-0.39, 0.29) is 32.0 Å². The quantitative estimate of drug-likeness (QED) is 0.0215. The average molecular weight is 799 g/mol. The Morgan fingerprint density at radius 3 is 1.49 bits per heavy atom. The van der Waals surface area contributed by atoms with Gasteiger partial charge in [0.2, 0.25) is 0 Å². The summed E-state index contributed by atoms with van der Waals surface area (Å²) >= 11 is 0.